The average molecular weight is 475 g/mol. The molecular weight excluding hydrogens is 444 g/mol. The highest BCUT2D eigenvalue weighted by Crippen LogP contribution is 2.34. The Bertz CT molecular complexity index is 1140. The van der Waals surface area contributed by atoms with Crippen LogP contribution < -0.4 is 20.5 Å². The van der Waals surface area contributed by atoms with Gasteiger partial charge in [0.05, 0.1) is 22.4 Å². The second-order valence-corrected chi connectivity index (χ2v) is 10.1. The summed E-state index contributed by atoms with van der Waals surface area (Å²) in [4.78, 5) is 4.82. The number of benzene rings is 2. The normalized spacial score (nSPS) is 16.1. The van der Waals surface area contributed by atoms with Gasteiger partial charge in [-0.3, -0.25) is 4.99 Å². The van der Waals surface area contributed by atoms with Crippen molar-refractivity contribution >= 4 is 50.1 Å². The Morgan fingerprint density at radius 2 is 1.97 bits per heavy atom. The molecule has 7 nitrogen and oxygen atoms in total. The molecule has 2 aromatic carbocycles. The third-order valence-electron chi connectivity index (χ3n) is 5.41. The molecule has 1 aliphatic heterocycles. The average Bonchev–Trinajstić information content (AvgIpc) is 2.86. The Kier molecular flexibility index (Phi) is 7.53. The first-order valence-electron chi connectivity index (χ1n) is 10.7. The van der Waals surface area contributed by atoms with Gasteiger partial charge >= 0.3 is 0 Å². The molecule has 0 radical (unpaired) electrons. The van der Waals surface area contributed by atoms with E-state index in [0.29, 0.717) is 22.5 Å². The molecule has 3 rings (SSSR count). The van der Waals surface area contributed by atoms with Gasteiger partial charge in [0.1, 0.15) is 5.75 Å². The van der Waals surface area contributed by atoms with Gasteiger partial charge in [0.2, 0.25) is 10.0 Å². The quantitative estimate of drug-likeness (QED) is 0.509. The summed E-state index contributed by atoms with van der Waals surface area (Å²) >= 11 is 5.54. The highest BCUT2D eigenvalue weighted by molar-refractivity contribution is 7.89. The lowest BCUT2D eigenvalue weighted by atomic mass is 9.94. The van der Waals surface area contributed by atoms with Crippen LogP contribution in [0.1, 0.15) is 46.1 Å². The van der Waals surface area contributed by atoms with E-state index in [1.54, 1.807) is 6.07 Å². The first-order valence-corrected chi connectivity index (χ1v) is 12.6. The molecule has 0 saturated carbocycles. The maximum Gasteiger partial charge on any atom is 0.238 e. The van der Waals surface area contributed by atoms with Crippen LogP contribution in [-0.2, 0) is 16.4 Å². The number of nitrogens with zero attached hydrogens (tertiary/aromatic N) is 1. The minimum Gasteiger partial charge on any atom is -0.489 e. The molecule has 0 bridgehead atoms. The number of nitrogens with one attached hydrogen (secondary N) is 2. The van der Waals surface area contributed by atoms with E-state index in [2.05, 4.69) is 24.5 Å². The third kappa shape index (κ3) is 5.85. The maximum absolute atomic E-state index is 11.8. The number of hydrogen-bond donors (Lipinski definition) is 3. The predicted octanol–water partition coefficient (Wildman–Crippen LogP) is 4.99. The molecule has 0 fully saturated rings. The summed E-state index contributed by atoms with van der Waals surface area (Å²) in [7, 11) is -3.87. The molecule has 4 N–H and O–H groups in total. The second-order valence-electron chi connectivity index (χ2n) is 8.15. The minimum atomic E-state index is -3.87. The van der Waals surface area contributed by atoms with Gasteiger partial charge in [-0.2, -0.15) is 0 Å². The van der Waals surface area contributed by atoms with Crippen molar-refractivity contribution in [1.82, 2.24) is 0 Å². The summed E-state index contributed by atoms with van der Waals surface area (Å²) in [5, 5.41) is 11.9. The van der Waals surface area contributed by atoms with E-state index < -0.39 is 10.0 Å². The summed E-state index contributed by atoms with van der Waals surface area (Å²) in [6, 6.07) is 10.3. The number of rotatable bonds is 6. The monoisotopic (exact) mass is 474 g/mol. The Labute approximate surface area is 195 Å². The van der Waals surface area contributed by atoms with Crippen molar-refractivity contribution in [2.24, 2.45) is 16.0 Å². The van der Waals surface area contributed by atoms with Crippen molar-refractivity contribution in [2.75, 3.05) is 10.6 Å². The molecule has 32 heavy (non-hydrogen) atoms. The largest absolute Gasteiger partial charge is 0.489 e. The number of nitrogens with two attached hydrogens (primary N) is 1. The fraction of sp³-hybridized carbons (Fsp3) is 0.391. The van der Waals surface area contributed by atoms with Crippen molar-refractivity contribution in [2.45, 2.75) is 58.0 Å². The molecule has 1 aliphatic rings. The lowest BCUT2D eigenvalue weighted by Crippen LogP contribution is -2.21. The zero-order valence-corrected chi connectivity index (χ0v) is 20.4. The fourth-order valence-corrected chi connectivity index (χ4v) is 4.54. The number of anilines is 2. The number of primary sulfonamides is 1. The predicted molar refractivity (Wildman–Crippen MR) is 135 cm³/mol. The van der Waals surface area contributed by atoms with Crippen LogP contribution >= 0.6 is 12.2 Å². The standard InChI is InChI=1S/C23H30N4O3S2/c1-5-16-9-11-18-19(25-15(16)4)7-6-8-20(18)26-23(31)27-21-13-17(32(24,28)29)10-12-22(21)30-14(2)3/h6-8,10,12-14,16H,5,9,11H2,1-4H3,(H2,24,28,29)(H2,26,27,31). The molecule has 0 spiro atoms. The van der Waals surface area contributed by atoms with Gasteiger partial charge in [0.25, 0.3) is 0 Å². The lowest BCUT2D eigenvalue weighted by molar-refractivity contribution is 0.243. The van der Waals surface area contributed by atoms with Gasteiger partial charge in [0, 0.05) is 17.0 Å². The van der Waals surface area contributed by atoms with Gasteiger partial charge < -0.3 is 15.4 Å². The molecule has 0 aromatic heterocycles. The summed E-state index contributed by atoms with van der Waals surface area (Å²) in [6.45, 7) is 8.05. The van der Waals surface area contributed by atoms with E-state index in [9.17, 15) is 8.42 Å². The number of hydrogen-bond acceptors (Lipinski definition) is 5. The van der Waals surface area contributed by atoms with Crippen LogP contribution in [0.5, 0.6) is 5.75 Å². The van der Waals surface area contributed by atoms with Crippen LogP contribution in [0, 0.1) is 5.92 Å². The molecule has 1 unspecified atom stereocenters. The smallest absolute Gasteiger partial charge is 0.238 e. The summed E-state index contributed by atoms with van der Waals surface area (Å²) in [5.41, 5.74) is 4.52. The number of thiocarbonyl (C=S) groups is 1. The second kappa shape index (κ2) is 9.97. The maximum atomic E-state index is 11.8. The number of fused-ring (bicyclic) bond motifs is 1. The first-order chi connectivity index (χ1) is 15.1. The Hall–Kier alpha value is -2.49. The molecule has 172 valence electrons. The highest BCUT2D eigenvalue weighted by Gasteiger charge is 2.19. The van der Waals surface area contributed by atoms with Crippen molar-refractivity contribution in [1.29, 1.82) is 0 Å². The zero-order chi connectivity index (χ0) is 23.5. The van der Waals surface area contributed by atoms with Gasteiger partial charge in [-0.05, 0) is 88.5 Å². The summed E-state index contributed by atoms with van der Waals surface area (Å²) in [6.07, 6.45) is 2.88. The third-order valence-corrected chi connectivity index (χ3v) is 6.53. The van der Waals surface area contributed by atoms with Crippen molar-refractivity contribution < 1.29 is 13.2 Å². The number of aliphatic imine (C=N–C) groups is 1. The molecule has 0 amide bonds. The highest BCUT2D eigenvalue weighted by atomic mass is 32.2. The minimum absolute atomic E-state index is 0.0251. The van der Waals surface area contributed by atoms with E-state index in [4.69, 9.17) is 27.1 Å². The van der Waals surface area contributed by atoms with E-state index in [1.165, 1.54) is 12.1 Å². The van der Waals surface area contributed by atoms with Crippen LogP contribution in [0.25, 0.3) is 0 Å². The van der Waals surface area contributed by atoms with Crippen LogP contribution in [0.2, 0.25) is 0 Å². The van der Waals surface area contributed by atoms with E-state index in [-0.39, 0.29) is 11.0 Å². The number of sulfonamides is 1. The van der Waals surface area contributed by atoms with Crippen molar-refractivity contribution in [3.05, 3.63) is 42.0 Å². The summed E-state index contributed by atoms with van der Waals surface area (Å²) in [5.74, 6) is 0.950. The van der Waals surface area contributed by atoms with Crippen LogP contribution in [0.4, 0.5) is 17.1 Å². The molecule has 9 heteroatoms. The Morgan fingerprint density at radius 1 is 1.25 bits per heavy atom. The van der Waals surface area contributed by atoms with Crippen molar-refractivity contribution in [3.8, 4) is 5.75 Å². The topological polar surface area (TPSA) is 106 Å². The van der Waals surface area contributed by atoms with E-state index in [0.717, 1.165) is 41.9 Å². The zero-order valence-electron chi connectivity index (χ0n) is 18.8. The van der Waals surface area contributed by atoms with Crippen LogP contribution in [0.15, 0.2) is 46.3 Å². The lowest BCUT2D eigenvalue weighted by Gasteiger charge is -2.19. The molecule has 2 aromatic rings. The fourth-order valence-electron chi connectivity index (χ4n) is 3.78. The summed E-state index contributed by atoms with van der Waals surface area (Å²) < 4.78 is 29.4. The first kappa shape index (κ1) is 24.2. The van der Waals surface area contributed by atoms with Crippen LogP contribution in [0.3, 0.4) is 0 Å². The SMILES string of the molecule is CCC1CCc2c(cccc2NC(=S)Nc2cc(S(N)(=O)=O)ccc2OC(C)C)N=C1C. The molecule has 1 atom stereocenters. The van der Waals surface area contributed by atoms with Gasteiger partial charge in [-0.1, -0.05) is 13.0 Å². The Morgan fingerprint density at radius 3 is 2.62 bits per heavy atom. The molecule has 0 saturated heterocycles. The van der Waals surface area contributed by atoms with Gasteiger partial charge in [-0.25, -0.2) is 13.6 Å². The van der Waals surface area contributed by atoms with Crippen molar-refractivity contribution in [3.63, 3.8) is 0 Å². The van der Waals surface area contributed by atoms with E-state index >= 15 is 0 Å². The Balaban J connectivity index is 1.87. The van der Waals surface area contributed by atoms with Gasteiger partial charge in [-0.15, -0.1) is 0 Å². The van der Waals surface area contributed by atoms with Gasteiger partial charge in [0.15, 0.2) is 5.11 Å². The molecular formula is C23H30N4O3S2. The number of ether oxygens (including phenoxy) is 1. The molecule has 0 aliphatic carbocycles. The van der Waals surface area contributed by atoms with E-state index in [1.807, 2.05) is 32.0 Å². The molecule has 1 heterocycles. The van der Waals surface area contributed by atoms with Crippen LogP contribution in [-0.4, -0.2) is 25.3 Å².